The lowest BCUT2D eigenvalue weighted by atomic mass is 9.74. The summed E-state index contributed by atoms with van der Waals surface area (Å²) in [4.78, 5) is 21.0. The van der Waals surface area contributed by atoms with Crippen molar-refractivity contribution in [2.45, 2.75) is 37.8 Å². The number of nitrogens with two attached hydrogens (primary N) is 1. The highest BCUT2D eigenvalue weighted by Crippen LogP contribution is 2.38. The van der Waals surface area contributed by atoms with Crippen LogP contribution in [0.25, 0.3) is 11.3 Å². The Balaban J connectivity index is 1.64. The van der Waals surface area contributed by atoms with E-state index in [1.807, 2.05) is 6.92 Å². The zero-order chi connectivity index (χ0) is 25.3. The second-order valence-electron chi connectivity index (χ2n) is 8.71. The van der Waals surface area contributed by atoms with Gasteiger partial charge in [0.1, 0.15) is 34.6 Å². The van der Waals surface area contributed by atoms with Crippen molar-refractivity contribution in [2.24, 2.45) is 11.7 Å². The standard InChI is InChI=1S/C25H25F3N4O3/c1-12-7-13(8-19(29)24(12)33)15-5-6-30-11-21(15)32-25(34)20-4-3-16(26)23(31-20)22-17(27)9-14(35-2)10-18(22)28/h3-6,9-13,19,24,33H,7-8,29H2,1-2H3,(H,32,34)/t12-,13+,19+,24+/m0/s1. The van der Waals surface area contributed by atoms with Crippen LogP contribution in [0.15, 0.2) is 42.7 Å². The molecule has 0 saturated heterocycles. The summed E-state index contributed by atoms with van der Waals surface area (Å²) in [6, 6.07) is 5.22. The number of amides is 1. The van der Waals surface area contributed by atoms with Gasteiger partial charge in [0.25, 0.3) is 5.91 Å². The fourth-order valence-corrected chi connectivity index (χ4v) is 4.52. The van der Waals surface area contributed by atoms with Gasteiger partial charge in [-0.05, 0) is 48.4 Å². The third kappa shape index (κ3) is 4.98. The normalized spacial score (nSPS) is 22.0. The molecule has 35 heavy (non-hydrogen) atoms. The van der Waals surface area contributed by atoms with E-state index in [4.69, 9.17) is 10.5 Å². The maximum absolute atomic E-state index is 14.5. The highest BCUT2D eigenvalue weighted by atomic mass is 19.1. The molecule has 4 atom stereocenters. The van der Waals surface area contributed by atoms with Gasteiger partial charge in [0.2, 0.25) is 0 Å². The van der Waals surface area contributed by atoms with Crippen LogP contribution in [-0.4, -0.2) is 40.2 Å². The molecule has 2 aromatic heterocycles. The number of anilines is 1. The second kappa shape index (κ2) is 10.0. The lowest BCUT2D eigenvalue weighted by Crippen LogP contribution is -2.44. The number of halogens is 3. The molecule has 7 nitrogen and oxygen atoms in total. The van der Waals surface area contributed by atoms with E-state index in [-0.39, 0.29) is 23.3 Å². The van der Waals surface area contributed by atoms with Gasteiger partial charge >= 0.3 is 0 Å². The molecule has 10 heteroatoms. The number of benzene rings is 1. The summed E-state index contributed by atoms with van der Waals surface area (Å²) in [5.41, 5.74) is 5.72. The summed E-state index contributed by atoms with van der Waals surface area (Å²) < 4.78 is 48.4. The van der Waals surface area contributed by atoms with E-state index in [0.29, 0.717) is 18.5 Å². The number of hydrogen-bond acceptors (Lipinski definition) is 6. The molecule has 1 amide bonds. The molecule has 0 radical (unpaired) electrons. The molecule has 0 unspecified atom stereocenters. The molecule has 1 aliphatic carbocycles. The van der Waals surface area contributed by atoms with Gasteiger partial charge in [-0.3, -0.25) is 9.78 Å². The Morgan fingerprint density at radius 3 is 2.51 bits per heavy atom. The number of nitrogens with one attached hydrogen (secondary N) is 1. The van der Waals surface area contributed by atoms with Gasteiger partial charge in [0, 0.05) is 24.4 Å². The highest BCUT2D eigenvalue weighted by molar-refractivity contribution is 6.03. The van der Waals surface area contributed by atoms with Crippen molar-refractivity contribution in [2.75, 3.05) is 12.4 Å². The van der Waals surface area contributed by atoms with Crippen LogP contribution in [0.4, 0.5) is 18.9 Å². The van der Waals surface area contributed by atoms with Crippen LogP contribution in [0.5, 0.6) is 5.75 Å². The van der Waals surface area contributed by atoms with Crippen LogP contribution in [0.2, 0.25) is 0 Å². The van der Waals surface area contributed by atoms with Gasteiger partial charge in [0.15, 0.2) is 0 Å². The minimum absolute atomic E-state index is 0.0269. The van der Waals surface area contributed by atoms with Gasteiger partial charge in [-0.15, -0.1) is 0 Å². The van der Waals surface area contributed by atoms with E-state index >= 15 is 0 Å². The number of aromatic nitrogens is 2. The largest absolute Gasteiger partial charge is 0.497 e. The Kier molecular flexibility index (Phi) is 7.04. The van der Waals surface area contributed by atoms with Crippen molar-refractivity contribution in [3.8, 4) is 17.0 Å². The molecule has 0 bridgehead atoms. The molecular weight excluding hydrogens is 461 g/mol. The van der Waals surface area contributed by atoms with E-state index in [1.165, 1.54) is 13.3 Å². The Labute approximate surface area is 200 Å². The average Bonchev–Trinajstić information content (AvgIpc) is 2.83. The van der Waals surface area contributed by atoms with Gasteiger partial charge in [-0.2, -0.15) is 0 Å². The van der Waals surface area contributed by atoms with Crippen molar-refractivity contribution in [1.82, 2.24) is 9.97 Å². The Morgan fingerprint density at radius 1 is 1.14 bits per heavy atom. The average molecular weight is 486 g/mol. The monoisotopic (exact) mass is 486 g/mol. The number of methoxy groups -OCH3 is 1. The quantitative estimate of drug-likeness (QED) is 0.503. The first-order valence-corrected chi connectivity index (χ1v) is 11.1. The van der Waals surface area contributed by atoms with Crippen LogP contribution in [0, 0.1) is 23.4 Å². The summed E-state index contributed by atoms with van der Waals surface area (Å²) >= 11 is 0. The molecule has 3 aromatic rings. The van der Waals surface area contributed by atoms with E-state index in [2.05, 4.69) is 15.3 Å². The topological polar surface area (TPSA) is 110 Å². The van der Waals surface area contributed by atoms with Gasteiger partial charge < -0.3 is 20.9 Å². The smallest absolute Gasteiger partial charge is 0.274 e. The minimum Gasteiger partial charge on any atom is -0.497 e. The Morgan fingerprint density at radius 2 is 1.86 bits per heavy atom. The van der Waals surface area contributed by atoms with Crippen molar-refractivity contribution in [3.05, 3.63) is 71.4 Å². The zero-order valence-electron chi connectivity index (χ0n) is 19.1. The van der Waals surface area contributed by atoms with Crippen LogP contribution in [0.3, 0.4) is 0 Å². The number of pyridine rings is 2. The van der Waals surface area contributed by atoms with Gasteiger partial charge in [-0.25, -0.2) is 18.2 Å². The summed E-state index contributed by atoms with van der Waals surface area (Å²) in [6.45, 7) is 1.91. The zero-order valence-corrected chi connectivity index (χ0v) is 19.1. The number of aliphatic hydroxyl groups excluding tert-OH is 1. The maximum Gasteiger partial charge on any atom is 0.274 e. The van der Waals surface area contributed by atoms with Crippen molar-refractivity contribution >= 4 is 11.6 Å². The Hall–Kier alpha value is -3.50. The van der Waals surface area contributed by atoms with Crippen molar-refractivity contribution < 1.29 is 27.8 Å². The van der Waals surface area contributed by atoms with Crippen molar-refractivity contribution in [3.63, 3.8) is 0 Å². The number of aliphatic hydroxyl groups is 1. The van der Waals surface area contributed by atoms with Crippen LogP contribution in [0.1, 0.15) is 41.7 Å². The third-order valence-corrected chi connectivity index (χ3v) is 6.34. The fraction of sp³-hybridized carbons (Fsp3) is 0.320. The van der Waals surface area contributed by atoms with E-state index < -0.39 is 46.8 Å². The number of carbonyl (C=O) groups excluding carboxylic acids is 1. The summed E-state index contributed by atoms with van der Waals surface area (Å²) in [5.74, 6) is -3.99. The van der Waals surface area contributed by atoms with Crippen LogP contribution >= 0.6 is 0 Å². The molecule has 0 spiro atoms. The molecular formula is C25H25F3N4O3. The lowest BCUT2D eigenvalue weighted by Gasteiger charge is -2.36. The van der Waals surface area contributed by atoms with E-state index in [9.17, 15) is 23.1 Å². The Bertz CT molecular complexity index is 1220. The predicted molar refractivity (Wildman–Crippen MR) is 123 cm³/mol. The lowest BCUT2D eigenvalue weighted by molar-refractivity contribution is 0.0521. The highest BCUT2D eigenvalue weighted by Gasteiger charge is 2.34. The third-order valence-electron chi connectivity index (χ3n) is 6.34. The van der Waals surface area contributed by atoms with Gasteiger partial charge in [0.05, 0.1) is 30.7 Å². The number of rotatable bonds is 5. The minimum atomic E-state index is -1.08. The first-order chi connectivity index (χ1) is 16.7. The number of hydrogen-bond donors (Lipinski definition) is 3. The molecule has 2 heterocycles. The number of ether oxygens (including phenoxy) is 1. The predicted octanol–water partition coefficient (Wildman–Crippen LogP) is 4.02. The summed E-state index contributed by atoms with van der Waals surface area (Å²) in [5, 5.41) is 12.9. The maximum atomic E-state index is 14.5. The number of nitrogens with zero attached hydrogens (tertiary/aromatic N) is 2. The molecule has 0 aliphatic heterocycles. The van der Waals surface area contributed by atoms with Crippen molar-refractivity contribution in [1.29, 1.82) is 0 Å². The molecule has 1 aliphatic rings. The van der Waals surface area contributed by atoms with Crippen LogP contribution in [-0.2, 0) is 0 Å². The van der Waals surface area contributed by atoms with E-state index in [1.54, 1.807) is 12.3 Å². The number of carbonyl (C=O) groups is 1. The molecule has 1 aromatic carbocycles. The molecule has 4 rings (SSSR count). The first-order valence-electron chi connectivity index (χ1n) is 11.1. The SMILES string of the molecule is COc1cc(F)c(-c2nc(C(=O)Nc3cnccc3[C@H]3C[C@@H](N)[C@H](O)[C@@H](C)C3)ccc2F)c(F)c1. The fourth-order valence-electron chi connectivity index (χ4n) is 4.52. The second-order valence-corrected chi connectivity index (χ2v) is 8.71. The molecule has 4 N–H and O–H groups in total. The first kappa shape index (κ1) is 24.6. The molecule has 1 fully saturated rings. The molecule has 1 saturated carbocycles. The summed E-state index contributed by atoms with van der Waals surface area (Å²) in [6.07, 6.45) is 3.65. The summed E-state index contributed by atoms with van der Waals surface area (Å²) in [7, 11) is 1.24. The van der Waals surface area contributed by atoms with Gasteiger partial charge in [-0.1, -0.05) is 6.92 Å². The van der Waals surface area contributed by atoms with E-state index in [0.717, 1.165) is 29.8 Å². The van der Waals surface area contributed by atoms with Crippen LogP contribution < -0.4 is 15.8 Å². The molecule has 184 valence electrons.